The van der Waals surface area contributed by atoms with Crippen molar-refractivity contribution in [2.24, 2.45) is 0 Å². The minimum atomic E-state index is -0.00705. The highest BCUT2D eigenvalue weighted by Crippen LogP contribution is 2.29. The Labute approximate surface area is 142 Å². The van der Waals surface area contributed by atoms with Crippen LogP contribution in [0.15, 0.2) is 24.3 Å². The summed E-state index contributed by atoms with van der Waals surface area (Å²) in [6.45, 7) is 4.04. The average molecular weight is 324 g/mol. The second kappa shape index (κ2) is 6.40. The van der Waals surface area contributed by atoms with Crippen molar-refractivity contribution in [1.82, 2.24) is 20.4 Å². The van der Waals surface area contributed by atoms with Gasteiger partial charge in [-0.05, 0) is 63.7 Å². The van der Waals surface area contributed by atoms with Gasteiger partial charge in [-0.2, -0.15) is 5.10 Å². The Morgan fingerprint density at radius 3 is 2.83 bits per heavy atom. The molecule has 1 amide bonds. The molecule has 1 aromatic carbocycles. The molecule has 126 valence electrons. The second-order valence-electron chi connectivity index (χ2n) is 6.82. The average Bonchev–Trinajstić information content (AvgIpc) is 3.19. The first kappa shape index (κ1) is 15.4. The largest absolute Gasteiger partial charge is 0.348 e. The minimum Gasteiger partial charge on any atom is -0.348 e. The highest BCUT2D eigenvalue weighted by Gasteiger charge is 2.28. The van der Waals surface area contributed by atoms with E-state index in [0.29, 0.717) is 5.69 Å². The summed E-state index contributed by atoms with van der Waals surface area (Å²) >= 11 is 0. The van der Waals surface area contributed by atoms with E-state index in [9.17, 15) is 4.79 Å². The Balaban J connectivity index is 1.66. The van der Waals surface area contributed by atoms with Gasteiger partial charge in [-0.3, -0.25) is 4.79 Å². The summed E-state index contributed by atoms with van der Waals surface area (Å²) in [5.41, 5.74) is 5.24. The van der Waals surface area contributed by atoms with E-state index >= 15 is 0 Å². The number of carbonyl (C=O) groups excluding carboxylic acids is 1. The van der Waals surface area contributed by atoms with Gasteiger partial charge < -0.3 is 10.6 Å². The maximum Gasteiger partial charge on any atom is 0.272 e. The van der Waals surface area contributed by atoms with Gasteiger partial charge in [-0.15, -0.1) is 0 Å². The molecule has 5 heteroatoms. The molecule has 1 aliphatic carbocycles. The molecule has 1 aliphatic heterocycles. The predicted molar refractivity (Wildman–Crippen MR) is 93.7 cm³/mol. The van der Waals surface area contributed by atoms with Gasteiger partial charge in [0.2, 0.25) is 0 Å². The Morgan fingerprint density at radius 2 is 2.04 bits per heavy atom. The number of carbonyl (C=O) groups is 1. The molecule has 1 fully saturated rings. The third-order valence-corrected chi connectivity index (χ3v) is 5.16. The van der Waals surface area contributed by atoms with E-state index in [2.05, 4.69) is 29.7 Å². The highest BCUT2D eigenvalue weighted by molar-refractivity contribution is 5.94. The van der Waals surface area contributed by atoms with Crippen molar-refractivity contribution in [3.8, 4) is 5.69 Å². The topological polar surface area (TPSA) is 59.0 Å². The summed E-state index contributed by atoms with van der Waals surface area (Å²) in [6, 6.07) is 8.50. The van der Waals surface area contributed by atoms with Crippen molar-refractivity contribution in [3.05, 3.63) is 46.8 Å². The van der Waals surface area contributed by atoms with E-state index in [-0.39, 0.29) is 11.9 Å². The van der Waals surface area contributed by atoms with Crippen LogP contribution < -0.4 is 10.6 Å². The number of aromatic nitrogens is 2. The van der Waals surface area contributed by atoms with Crippen molar-refractivity contribution in [2.75, 3.05) is 13.1 Å². The van der Waals surface area contributed by atoms with Crippen LogP contribution in [0.4, 0.5) is 0 Å². The summed E-state index contributed by atoms with van der Waals surface area (Å²) in [7, 11) is 0. The van der Waals surface area contributed by atoms with Crippen molar-refractivity contribution in [2.45, 2.75) is 45.1 Å². The highest BCUT2D eigenvalue weighted by atomic mass is 16.2. The fourth-order valence-corrected chi connectivity index (χ4v) is 3.84. The molecule has 0 radical (unpaired) electrons. The van der Waals surface area contributed by atoms with Crippen molar-refractivity contribution < 1.29 is 4.79 Å². The molecule has 0 unspecified atom stereocenters. The predicted octanol–water partition coefficient (Wildman–Crippen LogP) is 2.15. The lowest BCUT2D eigenvalue weighted by molar-refractivity contribution is 0.0923. The lowest BCUT2D eigenvalue weighted by Crippen LogP contribution is -2.43. The van der Waals surface area contributed by atoms with Crippen LogP contribution in [-0.4, -0.2) is 34.8 Å². The third kappa shape index (κ3) is 2.73. The van der Waals surface area contributed by atoms with Gasteiger partial charge in [0.1, 0.15) is 0 Å². The van der Waals surface area contributed by atoms with Crippen LogP contribution in [0.1, 0.15) is 46.6 Å². The van der Waals surface area contributed by atoms with E-state index in [1.165, 1.54) is 11.3 Å². The number of fused-ring (bicyclic) bond motifs is 1. The number of benzene rings is 1. The fourth-order valence-electron chi connectivity index (χ4n) is 3.84. The molecule has 0 atom stereocenters. The molecule has 4 rings (SSSR count). The number of rotatable bonds is 3. The zero-order chi connectivity index (χ0) is 16.5. The first-order valence-electron chi connectivity index (χ1n) is 8.92. The monoisotopic (exact) mass is 324 g/mol. The van der Waals surface area contributed by atoms with Gasteiger partial charge in [0.15, 0.2) is 5.69 Å². The molecule has 2 heterocycles. The zero-order valence-corrected chi connectivity index (χ0v) is 14.1. The summed E-state index contributed by atoms with van der Waals surface area (Å²) in [5, 5.41) is 11.2. The standard InChI is InChI=1S/C19H24N4O/c1-13-5-2-3-7-16(13)23-17-8-4-6-15(17)18(22-23)19(24)21-14-9-11-20-12-10-14/h2-3,5,7,14,20H,4,6,8-12H2,1H3,(H,21,24). The zero-order valence-electron chi connectivity index (χ0n) is 14.1. The summed E-state index contributed by atoms with van der Waals surface area (Å²) in [4.78, 5) is 12.8. The van der Waals surface area contributed by atoms with Gasteiger partial charge in [0.05, 0.1) is 5.69 Å². The maximum atomic E-state index is 12.8. The van der Waals surface area contributed by atoms with Crippen molar-refractivity contribution in [1.29, 1.82) is 0 Å². The van der Waals surface area contributed by atoms with Crippen LogP contribution in [0.3, 0.4) is 0 Å². The maximum absolute atomic E-state index is 12.8. The summed E-state index contributed by atoms with van der Waals surface area (Å²) < 4.78 is 2.00. The molecule has 5 nitrogen and oxygen atoms in total. The first-order valence-corrected chi connectivity index (χ1v) is 8.92. The fraction of sp³-hybridized carbons (Fsp3) is 0.474. The van der Waals surface area contributed by atoms with E-state index in [4.69, 9.17) is 5.10 Å². The Kier molecular flexibility index (Phi) is 4.10. The third-order valence-electron chi connectivity index (χ3n) is 5.16. The molecular weight excluding hydrogens is 300 g/mol. The first-order chi connectivity index (χ1) is 11.7. The van der Waals surface area contributed by atoms with Gasteiger partial charge in [-0.25, -0.2) is 4.68 Å². The molecular formula is C19H24N4O. The van der Waals surface area contributed by atoms with Gasteiger partial charge in [-0.1, -0.05) is 18.2 Å². The van der Waals surface area contributed by atoms with Crippen LogP contribution in [0.2, 0.25) is 0 Å². The minimum absolute atomic E-state index is 0.00705. The molecule has 24 heavy (non-hydrogen) atoms. The Morgan fingerprint density at radius 1 is 1.25 bits per heavy atom. The van der Waals surface area contributed by atoms with Gasteiger partial charge in [0.25, 0.3) is 5.91 Å². The van der Waals surface area contributed by atoms with Crippen LogP contribution in [0.5, 0.6) is 0 Å². The quantitative estimate of drug-likeness (QED) is 0.909. The molecule has 0 spiro atoms. The van der Waals surface area contributed by atoms with E-state index < -0.39 is 0 Å². The lowest BCUT2D eigenvalue weighted by atomic mass is 10.1. The number of amides is 1. The Hall–Kier alpha value is -2.14. The van der Waals surface area contributed by atoms with Gasteiger partial charge >= 0.3 is 0 Å². The van der Waals surface area contributed by atoms with Crippen LogP contribution in [0.25, 0.3) is 5.69 Å². The molecule has 2 aliphatic rings. The molecule has 1 saturated heterocycles. The molecule has 1 aromatic heterocycles. The number of hydrogen-bond acceptors (Lipinski definition) is 3. The van der Waals surface area contributed by atoms with E-state index in [0.717, 1.165) is 56.4 Å². The lowest BCUT2D eigenvalue weighted by Gasteiger charge is -2.23. The molecule has 2 aromatic rings. The van der Waals surface area contributed by atoms with Crippen LogP contribution >= 0.6 is 0 Å². The number of piperidine rings is 1. The molecule has 0 saturated carbocycles. The van der Waals surface area contributed by atoms with Crippen LogP contribution in [0, 0.1) is 6.92 Å². The van der Waals surface area contributed by atoms with Crippen molar-refractivity contribution >= 4 is 5.91 Å². The van der Waals surface area contributed by atoms with E-state index in [1.54, 1.807) is 0 Å². The van der Waals surface area contributed by atoms with Crippen LogP contribution in [-0.2, 0) is 12.8 Å². The SMILES string of the molecule is Cc1ccccc1-n1nc(C(=O)NC2CCNCC2)c2c1CCC2. The van der Waals surface area contributed by atoms with Crippen molar-refractivity contribution in [3.63, 3.8) is 0 Å². The molecule has 2 N–H and O–H groups in total. The van der Waals surface area contributed by atoms with Gasteiger partial charge in [0, 0.05) is 17.3 Å². The number of hydrogen-bond donors (Lipinski definition) is 2. The summed E-state index contributed by atoms with van der Waals surface area (Å²) in [5.74, 6) is -0.00705. The van der Waals surface area contributed by atoms with E-state index in [1.807, 2.05) is 16.8 Å². The normalized spacial score (nSPS) is 17.7. The number of para-hydroxylation sites is 1. The number of nitrogens with zero attached hydrogens (tertiary/aromatic N) is 2. The second-order valence-corrected chi connectivity index (χ2v) is 6.82. The molecule has 0 bridgehead atoms. The smallest absolute Gasteiger partial charge is 0.272 e. The summed E-state index contributed by atoms with van der Waals surface area (Å²) in [6.07, 6.45) is 5.04. The Bertz CT molecular complexity index is 759. The number of aryl methyl sites for hydroxylation is 1. The number of nitrogens with one attached hydrogen (secondary N) is 2.